The molecule has 0 unspecified atom stereocenters. The van der Waals surface area contributed by atoms with E-state index >= 15 is 0 Å². The Balaban J connectivity index is 1.68. The molecule has 30 heavy (non-hydrogen) atoms. The summed E-state index contributed by atoms with van der Waals surface area (Å²) in [7, 11) is 1.94. The van der Waals surface area contributed by atoms with Crippen LogP contribution in [-0.4, -0.2) is 28.1 Å². The van der Waals surface area contributed by atoms with Crippen molar-refractivity contribution in [3.8, 4) is 11.4 Å². The molecule has 0 aliphatic carbocycles. The molecular weight excluding hydrogens is 378 g/mol. The van der Waals surface area contributed by atoms with Crippen molar-refractivity contribution in [3.05, 3.63) is 89.8 Å². The van der Waals surface area contributed by atoms with Gasteiger partial charge < -0.3 is 14.7 Å². The van der Waals surface area contributed by atoms with E-state index in [-0.39, 0.29) is 11.6 Å². The quantitative estimate of drug-likeness (QED) is 0.520. The SMILES string of the molecule is Cc1cc(NC(=O)c2cc(N(C)Cc3ccccc3)nc(-c3ccccc3)n2)no1. The largest absolute Gasteiger partial charge is 0.360 e. The van der Waals surface area contributed by atoms with Crippen LogP contribution in [0, 0.1) is 6.92 Å². The Hall–Kier alpha value is -4.00. The van der Waals surface area contributed by atoms with Crippen LogP contribution in [0.3, 0.4) is 0 Å². The average Bonchev–Trinajstić information content (AvgIpc) is 3.19. The highest BCUT2D eigenvalue weighted by atomic mass is 16.5. The van der Waals surface area contributed by atoms with Crippen LogP contribution < -0.4 is 10.2 Å². The number of anilines is 2. The van der Waals surface area contributed by atoms with Crippen molar-refractivity contribution in [2.75, 3.05) is 17.3 Å². The molecule has 2 heterocycles. The maximum atomic E-state index is 12.8. The van der Waals surface area contributed by atoms with E-state index in [0.29, 0.717) is 29.8 Å². The highest BCUT2D eigenvalue weighted by molar-refractivity contribution is 6.03. The number of aromatic nitrogens is 3. The zero-order valence-electron chi connectivity index (χ0n) is 16.7. The summed E-state index contributed by atoms with van der Waals surface area (Å²) in [5, 5.41) is 6.54. The smallest absolute Gasteiger partial charge is 0.275 e. The van der Waals surface area contributed by atoms with Gasteiger partial charge in [-0.2, -0.15) is 0 Å². The summed E-state index contributed by atoms with van der Waals surface area (Å²) in [6.45, 7) is 2.41. The topological polar surface area (TPSA) is 84.2 Å². The van der Waals surface area contributed by atoms with E-state index in [9.17, 15) is 4.79 Å². The molecular formula is C23H21N5O2. The van der Waals surface area contributed by atoms with E-state index in [4.69, 9.17) is 9.51 Å². The fraction of sp³-hybridized carbons (Fsp3) is 0.130. The van der Waals surface area contributed by atoms with Crippen molar-refractivity contribution in [1.29, 1.82) is 0 Å². The van der Waals surface area contributed by atoms with Crippen molar-refractivity contribution >= 4 is 17.5 Å². The minimum Gasteiger partial charge on any atom is -0.360 e. The van der Waals surface area contributed by atoms with Gasteiger partial charge in [0.1, 0.15) is 17.3 Å². The van der Waals surface area contributed by atoms with Crippen LogP contribution in [0.25, 0.3) is 11.4 Å². The Bertz CT molecular complexity index is 1140. The van der Waals surface area contributed by atoms with Crippen LogP contribution in [0.2, 0.25) is 0 Å². The van der Waals surface area contributed by atoms with E-state index in [0.717, 1.165) is 11.1 Å². The van der Waals surface area contributed by atoms with Gasteiger partial charge in [-0.3, -0.25) is 4.79 Å². The lowest BCUT2D eigenvalue weighted by Crippen LogP contribution is -2.21. The van der Waals surface area contributed by atoms with Crippen molar-refractivity contribution in [2.24, 2.45) is 0 Å². The number of nitrogens with one attached hydrogen (secondary N) is 1. The molecule has 4 aromatic rings. The number of hydrogen-bond acceptors (Lipinski definition) is 6. The van der Waals surface area contributed by atoms with Gasteiger partial charge >= 0.3 is 0 Å². The predicted octanol–water partition coefficient (Wildman–Crippen LogP) is 4.33. The van der Waals surface area contributed by atoms with Gasteiger partial charge in [0, 0.05) is 31.3 Å². The van der Waals surface area contributed by atoms with Gasteiger partial charge in [0.15, 0.2) is 11.6 Å². The molecule has 0 radical (unpaired) electrons. The van der Waals surface area contributed by atoms with Gasteiger partial charge in [-0.15, -0.1) is 0 Å². The van der Waals surface area contributed by atoms with Crippen LogP contribution in [0.5, 0.6) is 0 Å². The fourth-order valence-electron chi connectivity index (χ4n) is 3.01. The van der Waals surface area contributed by atoms with Gasteiger partial charge in [-0.05, 0) is 12.5 Å². The number of carbonyl (C=O) groups is 1. The Morgan fingerprint density at radius 3 is 2.37 bits per heavy atom. The average molecular weight is 399 g/mol. The second-order valence-electron chi connectivity index (χ2n) is 6.92. The lowest BCUT2D eigenvalue weighted by atomic mass is 10.2. The van der Waals surface area contributed by atoms with Crippen LogP contribution in [0.4, 0.5) is 11.6 Å². The number of amides is 1. The van der Waals surface area contributed by atoms with Gasteiger partial charge in [0.25, 0.3) is 5.91 Å². The molecule has 0 atom stereocenters. The Kier molecular flexibility index (Phi) is 5.52. The highest BCUT2D eigenvalue weighted by Gasteiger charge is 2.16. The first kappa shape index (κ1) is 19.3. The number of hydrogen-bond donors (Lipinski definition) is 1. The normalized spacial score (nSPS) is 10.6. The number of benzene rings is 2. The monoisotopic (exact) mass is 399 g/mol. The van der Waals surface area contributed by atoms with Crippen LogP contribution in [0.1, 0.15) is 21.8 Å². The zero-order valence-corrected chi connectivity index (χ0v) is 16.7. The summed E-state index contributed by atoms with van der Waals surface area (Å²) in [5.41, 5.74) is 2.22. The number of aryl methyl sites for hydroxylation is 1. The minimum absolute atomic E-state index is 0.249. The molecule has 1 amide bonds. The third-order valence-electron chi connectivity index (χ3n) is 4.50. The lowest BCUT2D eigenvalue weighted by Gasteiger charge is -2.19. The molecule has 0 aliphatic heterocycles. The van der Waals surface area contributed by atoms with Gasteiger partial charge in [-0.1, -0.05) is 65.8 Å². The van der Waals surface area contributed by atoms with E-state index in [1.807, 2.05) is 60.5 Å². The van der Waals surface area contributed by atoms with Crippen LogP contribution >= 0.6 is 0 Å². The summed E-state index contributed by atoms with van der Waals surface area (Å²) in [6.07, 6.45) is 0. The van der Waals surface area contributed by atoms with E-state index in [1.165, 1.54) is 0 Å². The number of rotatable bonds is 6. The molecule has 1 N–H and O–H groups in total. The molecule has 4 rings (SSSR count). The molecule has 2 aromatic heterocycles. The summed E-state index contributed by atoms with van der Waals surface area (Å²) in [4.78, 5) is 24.0. The fourth-order valence-corrected chi connectivity index (χ4v) is 3.01. The van der Waals surface area contributed by atoms with Crippen LogP contribution in [0.15, 0.2) is 77.3 Å². The summed E-state index contributed by atoms with van der Waals surface area (Å²) in [6, 6.07) is 23.0. The van der Waals surface area contributed by atoms with E-state index in [1.54, 1.807) is 19.1 Å². The van der Waals surface area contributed by atoms with Gasteiger partial charge in [-0.25, -0.2) is 9.97 Å². The Labute approximate surface area is 174 Å². The number of nitrogens with zero attached hydrogens (tertiary/aromatic N) is 4. The minimum atomic E-state index is -0.378. The van der Waals surface area contributed by atoms with Crippen molar-refractivity contribution in [3.63, 3.8) is 0 Å². The molecule has 150 valence electrons. The van der Waals surface area contributed by atoms with Crippen LogP contribution in [-0.2, 0) is 6.54 Å². The molecule has 0 saturated carbocycles. The van der Waals surface area contributed by atoms with E-state index in [2.05, 4.69) is 27.6 Å². The third-order valence-corrected chi connectivity index (χ3v) is 4.50. The Morgan fingerprint density at radius 2 is 1.70 bits per heavy atom. The number of carbonyl (C=O) groups excluding carboxylic acids is 1. The molecule has 0 spiro atoms. The standard InChI is InChI=1S/C23H21N5O2/c1-16-13-20(27-30-16)25-23(29)19-14-21(28(2)15-17-9-5-3-6-10-17)26-22(24-19)18-11-7-4-8-12-18/h3-14H,15H2,1-2H3,(H,25,27,29). The van der Waals surface area contributed by atoms with Gasteiger partial charge in [0.05, 0.1) is 0 Å². The van der Waals surface area contributed by atoms with Gasteiger partial charge in [0.2, 0.25) is 0 Å². The second-order valence-corrected chi connectivity index (χ2v) is 6.92. The molecule has 0 aliphatic rings. The molecule has 0 bridgehead atoms. The summed E-state index contributed by atoms with van der Waals surface area (Å²) in [5.74, 6) is 1.71. The second kappa shape index (κ2) is 8.57. The summed E-state index contributed by atoms with van der Waals surface area (Å²) >= 11 is 0. The molecule has 7 heteroatoms. The Morgan fingerprint density at radius 1 is 1.00 bits per heavy atom. The first-order chi connectivity index (χ1) is 14.6. The molecule has 0 saturated heterocycles. The van der Waals surface area contributed by atoms with E-state index < -0.39 is 0 Å². The first-order valence-corrected chi connectivity index (χ1v) is 9.53. The van der Waals surface area contributed by atoms with Crippen molar-refractivity contribution < 1.29 is 9.32 Å². The van der Waals surface area contributed by atoms with Crippen molar-refractivity contribution in [2.45, 2.75) is 13.5 Å². The van der Waals surface area contributed by atoms with Crippen molar-refractivity contribution in [1.82, 2.24) is 15.1 Å². The zero-order chi connectivity index (χ0) is 20.9. The third kappa shape index (κ3) is 4.52. The highest BCUT2D eigenvalue weighted by Crippen LogP contribution is 2.21. The lowest BCUT2D eigenvalue weighted by molar-refractivity contribution is 0.102. The molecule has 2 aromatic carbocycles. The molecule has 7 nitrogen and oxygen atoms in total. The maximum Gasteiger partial charge on any atom is 0.275 e. The molecule has 0 fully saturated rings. The first-order valence-electron chi connectivity index (χ1n) is 9.53. The predicted molar refractivity (Wildman–Crippen MR) is 115 cm³/mol. The summed E-state index contributed by atoms with van der Waals surface area (Å²) < 4.78 is 5.02. The maximum absolute atomic E-state index is 12.8.